The van der Waals surface area contributed by atoms with Crippen LogP contribution < -0.4 is 0 Å². The molecule has 4 rings (SSSR count). The van der Waals surface area contributed by atoms with Gasteiger partial charge in [0.1, 0.15) is 18.1 Å². The Morgan fingerprint density at radius 3 is 2.57 bits per heavy atom. The van der Waals surface area contributed by atoms with Gasteiger partial charge in [0.2, 0.25) is 0 Å². The lowest BCUT2D eigenvalue weighted by atomic mass is 10.1. The number of nitrogens with zero attached hydrogens (tertiary/aromatic N) is 4. The van der Waals surface area contributed by atoms with Crippen molar-refractivity contribution in [1.82, 2.24) is 9.78 Å². The smallest absolute Gasteiger partial charge is 0.145 e. The van der Waals surface area contributed by atoms with Crippen molar-refractivity contribution in [3.05, 3.63) is 54.6 Å². The summed E-state index contributed by atoms with van der Waals surface area (Å²) in [6, 6.07) is 18.6. The van der Waals surface area contributed by atoms with Crippen LogP contribution in [0.15, 0.2) is 64.6 Å². The Labute approximate surface area is 122 Å². The van der Waals surface area contributed by atoms with Crippen molar-refractivity contribution in [3.63, 3.8) is 0 Å². The minimum absolute atomic E-state index is 0.615. The van der Waals surface area contributed by atoms with Gasteiger partial charge in [0.15, 0.2) is 0 Å². The van der Waals surface area contributed by atoms with Crippen LogP contribution in [0.2, 0.25) is 0 Å². The summed E-state index contributed by atoms with van der Waals surface area (Å²) in [5.74, 6) is 0.836. The van der Waals surface area contributed by atoms with Gasteiger partial charge in [-0.2, -0.15) is 5.10 Å². The second kappa shape index (κ2) is 4.98. The molecule has 0 unspecified atom stereocenters. The molecule has 0 radical (unpaired) electrons. The van der Waals surface area contributed by atoms with Gasteiger partial charge < -0.3 is 0 Å². The van der Waals surface area contributed by atoms with Crippen LogP contribution in [0.1, 0.15) is 0 Å². The van der Waals surface area contributed by atoms with Gasteiger partial charge in [-0.25, -0.2) is 4.99 Å². The van der Waals surface area contributed by atoms with Crippen LogP contribution in [0.3, 0.4) is 0 Å². The van der Waals surface area contributed by atoms with Crippen LogP contribution in [0.4, 0.5) is 0 Å². The van der Waals surface area contributed by atoms with Gasteiger partial charge in [-0.15, -0.1) is 0 Å². The van der Waals surface area contributed by atoms with E-state index < -0.39 is 0 Å². The molecule has 0 spiro atoms. The van der Waals surface area contributed by atoms with E-state index >= 15 is 0 Å². The van der Waals surface area contributed by atoms with Crippen molar-refractivity contribution in [3.8, 4) is 11.3 Å². The molecule has 3 aromatic rings. The van der Waals surface area contributed by atoms with Crippen LogP contribution in [-0.2, 0) is 6.54 Å². The number of benzene rings is 2. The number of hydrogen-bond donors (Lipinski definition) is 0. The largest absolute Gasteiger partial charge is 0.263 e. The van der Waals surface area contributed by atoms with E-state index in [1.807, 2.05) is 41.2 Å². The normalized spacial score (nSPS) is 13.8. The van der Waals surface area contributed by atoms with E-state index in [1.54, 1.807) is 0 Å². The lowest BCUT2D eigenvalue weighted by molar-refractivity contribution is 0.751. The molecule has 4 nitrogen and oxygen atoms in total. The maximum atomic E-state index is 4.78. The third kappa shape index (κ3) is 2.14. The van der Waals surface area contributed by atoms with E-state index in [0.29, 0.717) is 13.1 Å². The summed E-state index contributed by atoms with van der Waals surface area (Å²) >= 11 is 0. The highest BCUT2D eigenvalue weighted by atomic mass is 15.3. The molecule has 21 heavy (non-hydrogen) atoms. The van der Waals surface area contributed by atoms with Crippen LogP contribution in [0.25, 0.3) is 22.2 Å². The molecule has 0 saturated carbocycles. The highest BCUT2D eigenvalue weighted by molar-refractivity contribution is 5.97. The van der Waals surface area contributed by atoms with Crippen molar-refractivity contribution in [2.75, 3.05) is 6.54 Å². The average molecular weight is 274 g/mol. The summed E-state index contributed by atoms with van der Waals surface area (Å²) in [6.45, 7) is 1.30. The third-order valence-corrected chi connectivity index (χ3v) is 3.59. The third-order valence-electron chi connectivity index (χ3n) is 3.59. The van der Waals surface area contributed by atoms with Gasteiger partial charge in [0.25, 0.3) is 0 Å². The Balaban J connectivity index is 1.86. The lowest BCUT2D eigenvalue weighted by Gasteiger charge is -2.00. The molecule has 0 amide bonds. The minimum Gasteiger partial charge on any atom is -0.263 e. The fraction of sp³-hybridized carbons (Fsp3) is 0.118. The molecule has 0 bridgehead atoms. The number of rotatable bonds is 3. The monoisotopic (exact) mass is 274 g/mol. The van der Waals surface area contributed by atoms with Crippen molar-refractivity contribution in [1.29, 1.82) is 0 Å². The van der Waals surface area contributed by atoms with Crippen molar-refractivity contribution >= 4 is 23.0 Å². The Morgan fingerprint density at radius 1 is 0.952 bits per heavy atom. The molecule has 1 aromatic heterocycles. The van der Waals surface area contributed by atoms with Crippen LogP contribution >= 0.6 is 0 Å². The van der Waals surface area contributed by atoms with E-state index in [-0.39, 0.29) is 0 Å². The molecule has 2 aromatic carbocycles. The molecular weight excluding hydrogens is 260 g/mol. The number of amidine groups is 1. The molecule has 1 aliphatic heterocycles. The first-order chi connectivity index (χ1) is 10.4. The Morgan fingerprint density at radius 2 is 1.76 bits per heavy atom. The van der Waals surface area contributed by atoms with Crippen molar-refractivity contribution in [2.45, 2.75) is 6.54 Å². The number of fused-ring (bicyclic) bond motifs is 1. The summed E-state index contributed by atoms with van der Waals surface area (Å²) in [4.78, 5) is 8.64. The molecule has 2 heterocycles. The van der Waals surface area contributed by atoms with E-state index in [1.165, 1.54) is 0 Å². The maximum absolute atomic E-state index is 4.78. The van der Waals surface area contributed by atoms with Gasteiger partial charge in [0.05, 0.1) is 12.1 Å². The fourth-order valence-corrected chi connectivity index (χ4v) is 2.62. The van der Waals surface area contributed by atoms with E-state index in [4.69, 9.17) is 5.10 Å². The van der Waals surface area contributed by atoms with Crippen molar-refractivity contribution < 1.29 is 0 Å². The lowest BCUT2D eigenvalue weighted by Crippen LogP contribution is -2.08. The predicted molar refractivity (Wildman–Crippen MR) is 86.0 cm³/mol. The molecule has 0 atom stereocenters. The first kappa shape index (κ1) is 12.0. The second-order valence-corrected chi connectivity index (χ2v) is 4.96. The number of aromatic nitrogens is 2. The molecule has 1 aliphatic rings. The molecule has 0 N–H and O–H groups in total. The van der Waals surface area contributed by atoms with Gasteiger partial charge >= 0.3 is 0 Å². The molecule has 0 aliphatic carbocycles. The predicted octanol–water partition coefficient (Wildman–Crippen LogP) is 3.19. The number of hydrogen-bond acceptors (Lipinski definition) is 3. The first-order valence-electron chi connectivity index (χ1n) is 6.98. The Hall–Kier alpha value is -2.75. The molecular formula is C17H14N4. The van der Waals surface area contributed by atoms with Gasteiger partial charge in [-0.05, 0) is 6.07 Å². The highest BCUT2D eigenvalue weighted by Crippen LogP contribution is 2.27. The molecule has 102 valence electrons. The summed E-state index contributed by atoms with van der Waals surface area (Å²) < 4.78 is 1.99. The van der Waals surface area contributed by atoms with Gasteiger partial charge in [0, 0.05) is 17.2 Å². The summed E-state index contributed by atoms with van der Waals surface area (Å²) in [5, 5.41) is 5.94. The van der Waals surface area contributed by atoms with E-state index in [0.717, 1.165) is 28.0 Å². The van der Waals surface area contributed by atoms with E-state index in [9.17, 15) is 0 Å². The van der Waals surface area contributed by atoms with Crippen LogP contribution in [0, 0.1) is 0 Å². The van der Waals surface area contributed by atoms with Crippen LogP contribution in [0.5, 0.6) is 0 Å². The standard InChI is InChI=1S/C17H14N4/c1-2-6-13(7-3-1)17-14-8-4-5-9-15(14)21(20-17)12-16-18-10-11-19-16/h1-10H,11-12H2. The zero-order valence-electron chi connectivity index (χ0n) is 11.5. The summed E-state index contributed by atoms with van der Waals surface area (Å²) in [7, 11) is 0. The Bertz CT molecular complexity index is 844. The SMILES string of the molecule is C1=NC(Cn2nc(-c3ccccc3)c3ccccc32)=NC1. The minimum atomic E-state index is 0.615. The highest BCUT2D eigenvalue weighted by Gasteiger charge is 2.13. The Kier molecular flexibility index (Phi) is 2.85. The zero-order chi connectivity index (χ0) is 14.1. The number of para-hydroxylation sites is 1. The maximum Gasteiger partial charge on any atom is 0.145 e. The van der Waals surface area contributed by atoms with E-state index in [2.05, 4.69) is 34.3 Å². The van der Waals surface area contributed by atoms with Gasteiger partial charge in [-0.3, -0.25) is 9.67 Å². The fourth-order valence-electron chi connectivity index (χ4n) is 2.62. The topological polar surface area (TPSA) is 42.5 Å². The molecule has 0 fully saturated rings. The second-order valence-electron chi connectivity index (χ2n) is 4.96. The van der Waals surface area contributed by atoms with Crippen molar-refractivity contribution in [2.24, 2.45) is 9.98 Å². The van der Waals surface area contributed by atoms with Gasteiger partial charge in [-0.1, -0.05) is 48.5 Å². The quantitative estimate of drug-likeness (QED) is 0.723. The zero-order valence-corrected chi connectivity index (χ0v) is 11.5. The summed E-state index contributed by atoms with van der Waals surface area (Å²) in [5.41, 5.74) is 3.25. The summed E-state index contributed by atoms with van der Waals surface area (Å²) in [6.07, 6.45) is 1.83. The average Bonchev–Trinajstić information content (AvgIpc) is 3.17. The first-order valence-corrected chi connectivity index (χ1v) is 6.98. The van der Waals surface area contributed by atoms with Crippen LogP contribution in [-0.4, -0.2) is 28.4 Å². The number of aliphatic imine (C=N–C) groups is 2. The molecule has 0 saturated heterocycles. The molecule has 4 heteroatoms.